The second-order valence-electron chi connectivity index (χ2n) is 10.3. The molecule has 4 heteroatoms. The van der Waals surface area contributed by atoms with Crippen LogP contribution in [-0.4, -0.2) is 21.1 Å². The molecule has 0 aromatic heterocycles. The van der Waals surface area contributed by atoms with Crippen LogP contribution in [0, 0.1) is 26.0 Å². The fourth-order valence-corrected chi connectivity index (χ4v) is 9.99. The van der Waals surface area contributed by atoms with Crippen LogP contribution < -0.4 is 24.8 Å². The summed E-state index contributed by atoms with van der Waals surface area (Å²) in [5, 5.41) is 0. The molecule has 0 amide bonds. The summed E-state index contributed by atoms with van der Waals surface area (Å²) in [5.41, 5.74) is 13.6. The predicted molar refractivity (Wildman–Crippen MR) is 163 cm³/mol. The van der Waals surface area contributed by atoms with Gasteiger partial charge in [0.2, 0.25) is 0 Å². The zero-order chi connectivity index (χ0) is 26.0. The van der Waals surface area contributed by atoms with Gasteiger partial charge in [0.1, 0.15) is 0 Å². The third kappa shape index (κ3) is 10.1. The number of fused-ring (bicyclic) bond motifs is 6. The van der Waals surface area contributed by atoms with Gasteiger partial charge in [0.15, 0.2) is 0 Å². The van der Waals surface area contributed by atoms with E-state index in [1.165, 1.54) is 81.3 Å². The SMILES string of the molecule is CCC[CH2][SnH][CH2]CCC.Cc1[c-]c2c(cc1)-c1ccccc1C2.Cc1[c-]c2c(cc1)-c1ccccc1C2.[Cl-].[Cl-].[Zr+4]. The molecule has 0 saturated carbocycles. The fourth-order valence-electron chi connectivity index (χ4n) is 5.19. The number of benzene rings is 4. The van der Waals surface area contributed by atoms with Crippen LogP contribution in [0.15, 0.2) is 72.8 Å². The molecule has 0 saturated heterocycles. The van der Waals surface area contributed by atoms with E-state index >= 15 is 0 Å². The average Bonchev–Trinajstić information content (AvgIpc) is 3.46. The van der Waals surface area contributed by atoms with E-state index in [0.29, 0.717) is 0 Å². The molecule has 0 fully saturated rings. The van der Waals surface area contributed by atoms with Gasteiger partial charge in [0, 0.05) is 0 Å². The first-order valence-corrected chi connectivity index (χ1v) is 18.8. The van der Waals surface area contributed by atoms with Crippen molar-refractivity contribution in [2.24, 2.45) is 0 Å². The quantitative estimate of drug-likeness (QED) is 0.139. The molecule has 0 atom stereocenters. The van der Waals surface area contributed by atoms with Gasteiger partial charge in [-0.25, -0.2) is 0 Å². The van der Waals surface area contributed by atoms with E-state index in [2.05, 4.69) is 113 Å². The number of hydrogen-bond acceptors (Lipinski definition) is 0. The molecule has 4 aromatic rings. The van der Waals surface area contributed by atoms with Gasteiger partial charge >= 0.3 is 95.7 Å². The number of unbranched alkanes of at least 4 members (excludes halogenated alkanes) is 2. The van der Waals surface area contributed by atoms with Gasteiger partial charge in [-0.3, -0.25) is 0 Å². The van der Waals surface area contributed by atoms with Gasteiger partial charge in [0.05, 0.1) is 0 Å². The molecular formula is C36H41Cl2SnZr. The third-order valence-corrected chi connectivity index (χ3v) is 11.9. The maximum Gasteiger partial charge on any atom is 4.00 e. The molecule has 0 N–H and O–H groups in total. The van der Waals surface area contributed by atoms with Crippen LogP contribution in [0.1, 0.15) is 72.9 Å². The van der Waals surface area contributed by atoms with Crippen LogP contribution in [0.2, 0.25) is 8.87 Å². The standard InChI is InChI=1S/2C14H11.2C4H9.2ClH.Sn.Zr.H/c2*1-10-6-7-14-12(8-10)9-11-4-2-3-5-13(11)14;2*1-3-4-2;;;;;/h2*2-7H,9H2,1H3;2*1,3-4H2,2H3;2*1H;;;/q2*-1;;;;;;+4;/p-2. The summed E-state index contributed by atoms with van der Waals surface area (Å²) < 4.78 is 3.29. The van der Waals surface area contributed by atoms with Crippen molar-refractivity contribution in [3.63, 3.8) is 0 Å². The van der Waals surface area contributed by atoms with Gasteiger partial charge in [-0.2, -0.15) is 47.5 Å². The Kier molecular flexibility index (Phi) is 18.0. The number of rotatable bonds is 6. The first-order valence-electron chi connectivity index (χ1n) is 14.1. The van der Waals surface area contributed by atoms with Crippen LogP contribution in [0.5, 0.6) is 0 Å². The predicted octanol–water partition coefficient (Wildman–Crippen LogP) is 3.60. The summed E-state index contributed by atoms with van der Waals surface area (Å²) in [6, 6.07) is 32.8. The zero-order valence-electron chi connectivity index (χ0n) is 24.4. The molecule has 0 heterocycles. The minimum absolute atomic E-state index is 0. The summed E-state index contributed by atoms with van der Waals surface area (Å²) in [6.45, 7) is 8.79. The molecule has 0 bridgehead atoms. The third-order valence-electron chi connectivity index (χ3n) is 7.22. The van der Waals surface area contributed by atoms with Crippen molar-refractivity contribution < 1.29 is 51.0 Å². The Balaban J connectivity index is 0.000000298. The summed E-state index contributed by atoms with van der Waals surface area (Å²) in [7, 11) is 0. The molecule has 40 heavy (non-hydrogen) atoms. The molecule has 4 aromatic carbocycles. The Hall–Kier alpha value is -0.858. The monoisotopic (exact) mass is 753 g/mol. The van der Waals surface area contributed by atoms with Crippen LogP contribution >= 0.6 is 0 Å². The van der Waals surface area contributed by atoms with E-state index in [-0.39, 0.29) is 72.2 Å². The molecule has 0 unspecified atom stereocenters. The maximum absolute atomic E-state index is 3.43. The number of aryl methyl sites for hydroxylation is 2. The summed E-state index contributed by atoms with van der Waals surface area (Å²) >= 11 is -0.00469. The summed E-state index contributed by atoms with van der Waals surface area (Å²) in [6.07, 6.45) is 7.96. The van der Waals surface area contributed by atoms with Crippen molar-refractivity contribution in [2.75, 3.05) is 0 Å². The normalized spacial score (nSPS) is 10.9. The average molecular weight is 755 g/mol. The van der Waals surface area contributed by atoms with Crippen molar-refractivity contribution in [1.82, 2.24) is 0 Å². The Morgan fingerprint density at radius 1 is 0.575 bits per heavy atom. The van der Waals surface area contributed by atoms with E-state index in [1.807, 2.05) is 0 Å². The van der Waals surface area contributed by atoms with E-state index in [1.54, 1.807) is 8.87 Å². The maximum atomic E-state index is 3.43. The van der Waals surface area contributed by atoms with Crippen molar-refractivity contribution in [1.29, 1.82) is 0 Å². The van der Waals surface area contributed by atoms with Crippen LogP contribution in [0.3, 0.4) is 0 Å². The zero-order valence-corrected chi connectivity index (χ0v) is 31.7. The van der Waals surface area contributed by atoms with Crippen LogP contribution in [0.25, 0.3) is 22.3 Å². The van der Waals surface area contributed by atoms with E-state index in [9.17, 15) is 0 Å². The second kappa shape index (κ2) is 19.4. The number of halogens is 2. The van der Waals surface area contributed by atoms with Crippen molar-refractivity contribution in [3.8, 4) is 22.3 Å². The van der Waals surface area contributed by atoms with Crippen molar-refractivity contribution in [3.05, 3.63) is 118 Å². The Labute approximate surface area is 285 Å². The summed E-state index contributed by atoms with van der Waals surface area (Å²) in [5.74, 6) is 0. The molecular weight excluding hydrogens is 713 g/mol. The fraction of sp³-hybridized carbons (Fsp3) is 0.333. The molecule has 0 aliphatic heterocycles. The molecule has 0 spiro atoms. The van der Waals surface area contributed by atoms with Crippen LogP contribution in [-0.2, 0) is 39.0 Å². The van der Waals surface area contributed by atoms with E-state index in [4.69, 9.17) is 0 Å². The van der Waals surface area contributed by atoms with Crippen molar-refractivity contribution >= 4 is 21.1 Å². The second-order valence-corrected chi connectivity index (χ2v) is 15.3. The Bertz CT molecular complexity index is 1220. The smallest absolute Gasteiger partial charge is 1.00 e. The molecule has 0 nitrogen and oxygen atoms in total. The van der Waals surface area contributed by atoms with Gasteiger partial charge in [-0.05, 0) is 12.8 Å². The van der Waals surface area contributed by atoms with Gasteiger partial charge in [-0.15, -0.1) is 22.3 Å². The van der Waals surface area contributed by atoms with Gasteiger partial charge in [0.25, 0.3) is 0 Å². The summed E-state index contributed by atoms with van der Waals surface area (Å²) in [4.78, 5) is 0. The minimum atomic E-state index is -0.00469. The van der Waals surface area contributed by atoms with Gasteiger partial charge < -0.3 is 24.8 Å². The largest absolute Gasteiger partial charge is 4.00 e. The first-order chi connectivity index (χ1) is 18.1. The number of hydrogen-bond donors (Lipinski definition) is 0. The Morgan fingerprint density at radius 3 is 1.38 bits per heavy atom. The molecule has 207 valence electrons. The minimum Gasteiger partial charge on any atom is -1.00 e. The van der Waals surface area contributed by atoms with Crippen molar-refractivity contribution in [2.45, 2.75) is 75.1 Å². The van der Waals surface area contributed by atoms with E-state index in [0.717, 1.165) is 12.8 Å². The van der Waals surface area contributed by atoms with E-state index < -0.39 is 0 Å². The van der Waals surface area contributed by atoms with Gasteiger partial charge in [-0.1, -0.05) is 84.6 Å². The Morgan fingerprint density at radius 2 is 0.975 bits per heavy atom. The molecule has 1 radical (unpaired) electrons. The molecule has 2 aliphatic rings. The first kappa shape index (κ1) is 37.2. The topological polar surface area (TPSA) is 0 Å². The van der Waals surface area contributed by atoms with Crippen LogP contribution in [0.4, 0.5) is 0 Å². The molecule has 6 rings (SSSR count). The molecule has 2 aliphatic carbocycles.